The number of piperazine rings is 1. The molecule has 4 rings (SSSR count). The molecule has 2 saturated heterocycles. The summed E-state index contributed by atoms with van der Waals surface area (Å²) in [7, 11) is 2.18. The van der Waals surface area contributed by atoms with E-state index in [1.54, 1.807) is 0 Å². The molecule has 126 valence electrons. The Morgan fingerprint density at radius 1 is 1.13 bits per heavy atom. The van der Waals surface area contributed by atoms with Gasteiger partial charge in [0.15, 0.2) is 0 Å². The number of fused-ring (bicyclic) bond motifs is 2. The minimum Gasteiger partial charge on any atom is -0.345 e. The fourth-order valence-electron chi connectivity index (χ4n) is 4.21. The van der Waals surface area contributed by atoms with E-state index in [9.17, 15) is 4.79 Å². The molecule has 0 radical (unpaired) electrons. The third-order valence-corrected chi connectivity index (χ3v) is 5.47. The molecular weight excluding hydrogens is 292 g/mol. The molecule has 0 bridgehead atoms. The van der Waals surface area contributed by atoms with E-state index in [-0.39, 0.29) is 11.9 Å². The third-order valence-electron chi connectivity index (χ3n) is 5.47. The number of aromatic nitrogens is 3. The van der Waals surface area contributed by atoms with Crippen molar-refractivity contribution < 1.29 is 4.79 Å². The highest BCUT2D eigenvalue weighted by atomic mass is 16.2. The molecule has 0 spiro atoms. The first-order valence-corrected chi connectivity index (χ1v) is 8.86. The lowest BCUT2D eigenvalue weighted by Crippen LogP contribution is -2.48. The standard InChI is InChI=1S/C16H26N6O/c1-20-7-8-21-10-12(9-13(21)11-20)17-16(23)15-19-18-14-5-3-2-4-6-22(14)15/h12-13H,2-11H2,1H3,(H,17,23)/t12-,13-/m0/s1. The van der Waals surface area contributed by atoms with Crippen molar-refractivity contribution in [3.63, 3.8) is 0 Å². The van der Waals surface area contributed by atoms with Gasteiger partial charge >= 0.3 is 0 Å². The number of nitrogens with one attached hydrogen (secondary N) is 1. The van der Waals surface area contributed by atoms with Crippen molar-refractivity contribution >= 4 is 5.91 Å². The zero-order chi connectivity index (χ0) is 15.8. The van der Waals surface area contributed by atoms with Gasteiger partial charge in [0.2, 0.25) is 5.82 Å². The fraction of sp³-hybridized carbons (Fsp3) is 0.812. The van der Waals surface area contributed by atoms with Crippen LogP contribution in [-0.4, -0.2) is 75.8 Å². The van der Waals surface area contributed by atoms with Crippen LogP contribution in [0.25, 0.3) is 0 Å². The van der Waals surface area contributed by atoms with Gasteiger partial charge in [0.05, 0.1) is 0 Å². The molecule has 3 aliphatic heterocycles. The highest BCUT2D eigenvalue weighted by Gasteiger charge is 2.36. The predicted octanol–water partition coefficient (Wildman–Crippen LogP) is 0.123. The Morgan fingerprint density at radius 3 is 2.96 bits per heavy atom. The number of likely N-dealkylation sites (N-methyl/N-ethyl adjacent to an activating group) is 1. The Labute approximate surface area is 137 Å². The molecule has 0 aliphatic carbocycles. The summed E-state index contributed by atoms with van der Waals surface area (Å²) >= 11 is 0. The van der Waals surface area contributed by atoms with Gasteiger partial charge in [0.1, 0.15) is 5.82 Å². The average molecular weight is 318 g/mol. The molecule has 3 aliphatic rings. The van der Waals surface area contributed by atoms with Crippen molar-refractivity contribution in [3.05, 3.63) is 11.6 Å². The second-order valence-corrected chi connectivity index (χ2v) is 7.22. The maximum absolute atomic E-state index is 12.7. The van der Waals surface area contributed by atoms with Crippen LogP contribution in [0.3, 0.4) is 0 Å². The molecule has 1 amide bonds. The number of rotatable bonds is 2. The smallest absolute Gasteiger partial charge is 0.289 e. The predicted molar refractivity (Wildman–Crippen MR) is 86.3 cm³/mol. The Balaban J connectivity index is 1.42. The summed E-state index contributed by atoms with van der Waals surface area (Å²) in [6.45, 7) is 5.16. The quantitative estimate of drug-likeness (QED) is 0.839. The molecule has 7 nitrogen and oxygen atoms in total. The minimum absolute atomic E-state index is 0.0520. The Morgan fingerprint density at radius 2 is 2.04 bits per heavy atom. The molecule has 0 unspecified atom stereocenters. The fourth-order valence-corrected chi connectivity index (χ4v) is 4.21. The maximum atomic E-state index is 12.7. The van der Waals surface area contributed by atoms with E-state index < -0.39 is 0 Å². The molecular formula is C16H26N6O. The van der Waals surface area contributed by atoms with Crippen LogP contribution in [0.2, 0.25) is 0 Å². The van der Waals surface area contributed by atoms with Crippen molar-refractivity contribution in [3.8, 4) is 0 Å². The monoisotopic (exact) mass is 318 g/mol. The second-order valence-electron chi connectivity index (χ2n) is 7.22. The topological polar surface area (TPSA) is 66.3 Å². The van der Waals surface area contributed by atoms with Crippen LogP contribution in [0.4, 0.5) is 0 Å². The number of amides is 1. The zero-order valence-electron chi connectivity index (χ0n) is 13.9. The summed E-state index contributed by atoms with van der Waals surface area (Å²) in [6, 6.07) is 0.812. The summed E-state index contributed by atoms with van der Waals surface area (Å²) < 4.78 is 2.03. The van der Waals surface area contributed by atoms with Crippen LogP contribution < -0.4 is 5.32 Å². The molecule has 23 heavy (non-hydrogen) atoms. The summed E-state index contributed by atoms with van der Waals surface area (Å²) in [5.74, 6) is 1.42. The van der Waals surface area contributed by atoms with E-state index >= 15 is 0 Å². The van der Waals surface area contributed by atoms with Gasteiger partial charge in [0, 0.05) is 51.2 Å². The summed E-state index contributed by atoms with van der Waals surface area (Å²) in [5.41, 5.74) is 0. The molecule has 1 aromatic rings. The SMILES string of the molecule is CN1CCN2C[C@@H](NC(=O)c3nnc4n3CCCCC4)C[C@H]2C1. The second kappa shape index (κ2) is 6.20. The lowest BCUT2D eigenvalue weighted by Gasteiger charge is -2.34. The highest BCUT2D eigenvalue weighted by Crippen LogP contribution is 2.22. The van der Waals surface area contributed by atoms with Gasteiger partial charge < -0.3 is 14.8 Å². The van der Waals surface area contributed by atoms with Gasteiger partial charge in [-0.25, -0.2) is 0 Å². The molecule has 0 aromatic carbocycles. The summed E-state index contributed by atoms with van der Waals surface area (Å²) in [4.78, 5) is 17.5. The first kappa shape index (κ1) is 15.1. The van der Waals surface area contributed by atoms with Gasteiger partial charge in [-0.2, -0.15) is 0 Å². The summed E-state index contributed by atoms with van der Waals surface area (Å²) in [5, 5.41) is 11.6. The van der Waals surface area contributed by atoms with Crippen LogP contribution in [0.1, 0.15) is 42.1 Å². The van der Waals surface area contributed by atoms with Crippen molar-refractivity contribution in [2.45, 2.75) is 50.7 Å². The Hall–Kier alpha value is -1.47. The summed E-state index contributed by atoms with van der Waals surface area (Å²) in [6.07, 6.45) is 5.43. The van der Waals surface area contributed by atoms with E-state index in [0.717, 1.165) is 64.2 Å². The van der Waals surface area contributed by atoms with Gasteiger partial charge in [-0.3, -0.25) is 9.69 Å². The molecule has 1 aromatic heterocycles. The number of hydrogen-bond donors (Lipinski definition) is 1. The Kier molecular flexibility index (Phi) is 4.07. The molecule has 2 atom stereocenters. The first-order chi connectivity index (χ1) is 11.2. The van der Waals surface area contributed by atoms with E-state index in [2.05, 4.69) is 32.4 Å². The molecule has 2 fully saturated rings. The molecule has 1 N–H and O–H groups in total. The number of carbonyl (C=O) groups excluding carboxylic acids is 1. The van der Waals surface area contributed by atoms with Crippen molar-refractivity contribution in [2.24, 2.45) is 0 Å². The third kappa shape index (κ3) is 2.99. The van der Waals surface area contributed by atoms with Crippen molar-refractivity contribution in [2.75, 3.05) is 33.2 Å². The normalized spacial score (nSPS) is 28.9. The van der Waals surface area contributed by atoms with Crippen LogP contribution in [0.15, 0.2) is 0 Å². The van der Waals surface area contributed by atoms with Crippen molar-refractivity contribution in [1.82, 2.24) is 29.9 Å². The van der Waals surface area contributed by atoms with Crippen LogP contribution in [-0.2, 0) is 13.0 Å². The molecule has 7 heteroatoms. The van der Waals surface area contributed by atoms with E-state index in [1.165, 1.54) is 6.42 Å². The lowest BCUT2D eigenvalue weighted by atomic mass is 10.1. The number of carbonyl (C=O) groups is 1. The van der Waals surface area contributed by atoms with Crippen LogP contribution in [0.5, 0.6) is 0 Å². The highest BCUT2D eigenvalue weighted by molar-refractivity contribution is 5.91. The van der Waals surface area contributed by atoms with Gasteiger partial charge in [0.25, 0.3) is 5.91 Å². The van der Waals surface area contributed by atoms with E-state index in [4.69, 9.17) is 0 Å². The molecule has 0 saturated carbocycles. The zero-order valence-corrected chi connectivity index (χ0v) is 13.9. The Bertz CT molecular complexity index is 585. The van der Waals surface area contributed by atoms with E-state index in [1.807, 2.05) is 4.57 Å². The van der Waals surface area contributed by atoms with Gasteiger partial charge in [-0.1, -0.05) is 6.42 Å². The average Bonchev–Trinajstić information content (AvgIpc) is 3.03. The molecule has 4 heterocycles. The maximum Gasteiger partial charge on any atom is 0.289 e. The van der Waals surface area contributed by atoms with E-state index in [0.29, 0.717) is 11.9 Å². The minimum atomic E-state index is -0.0520. The van der Waals surface area contributed by atoms with Crippen LogP contribution in [0, 0.1) is 0 Å². The van der Waals surface area contributed by atoms with Gasteiger partial charge in [-0.05, 0) is 26.3 Å². The lowest BCUT2D eigenvalue weighted by molar-refractivity contribution is 0.0921. The number of hydrogen-bond acceptors (Lipinski definition) is 5. The first-order valence-electron chi connectivity index (χ1n) is 8.86. The largest absolute Gasteiger partial charge is 0.345 e. The van der Waals surface area contributed by atoms with Gasteiger partial charge in [-0.15, -0.1) is 10.2 Å². The number of nitrogens with zero attached hydrogens (tertiary/aromatic N) is 5. The van der Waals surface area contributed by atoms with Crippen LogP contribution >= 0.6 is 0 Å². The van der Waals surface area contributed by atoms with Crippen molar-refractivity contribution in [1.29, 1.82) is 0 Å². The number of aryl methyl sites for hydroxylation is 1.